The van der Waals surface area contributed by atoms with E-state index in [1.54, 1.807) is 7.11 Å². The largest absolute Gasteiger partial charge is 0.497 e. The molecule has 2 aliphatic heterocycles. The first kappa shape index (κ1) is 19.0. The molecule has 6 heteroatoms. The average Bonchev–Trinajstić information content (AvgIpc) is 2.66. The summed E-state index contributed by atoms with van der Waals surface area (Å²) in [6.07, 6.45) is 0.226. The lowest BCUT2D eigenvalue weighted by molar-refractivity contribution is -0.148. The predicted molar refractivity (Wildman–Crippen MR) is 103 cm³/mol. The number of carbonyl (C=O) groups is 1. The van der Waals surface area contributed by atoms with E-state index in [0.29, 0.717) is 13.1 Å². The third-order valence-corrected chi connectivity index (χ3v) is 5.39. The second-order valence-electron chi connectivity index (χ2n) is 7.40. The lowest BCUT2D eigenvalue weighted by atomic mass is 10.1. The van der Waals surface area contributed by atoms with Gasteiger partial charge in [-0.05, 0) is 45.0 Å². The summed E-state index contributed by atoms with van der Waals surface area (Å²) in [6.45, 7) is 11.2. The van der Waals surface area contributed by atoms with Crippen molar-refractivity contribution in [1.82, 2.24) is 9.80 Å². The molecule has 0 radical (unpaired) electrons. The van der Waals surface area contributed by atoms with Crippen LogP contribution in [-0.2, 0) is 9.53 Å². The van der Waals surface area contributed by atoms with Gasteiger partial charge >= 0.3 is 0 Å². The van der Waals surface area contributed by atoms with Gasteiger partial charge in [-0.1, -0.05) is 0 Å². The number of anilines is 1. The smallest absolute Gasteiger partial charge is 0.239 e. The maximum absolute atomic E-state index is 12.9. The van der Waals surface area contributed by atoms with Gasteiger partial charge in [0.25, 0.3) is 0 Å². The maximum atomic E-state index is 12.9. The Hall–Kier alpha value is -1.79. The summed E-state index contributed by atoms with van der Waals surface area (Å²) >= 11 is 0. The summed E-state index contributed by atoms with van der Waals surface area (Å²) in [5, 5.41) is 0. The highest BCUT2D eigenvalue weighted by Gasteiger charge is 2.32. The number of hydrogen-bond acceptors (Lipinski definition) is 5. The van der Waals surface area contributed by atoms with Crippen LogP contribution in [-0.4, -0.2) is 80.3 Å². The zero-order valence-corrected chi connectivity index (χ0v) is 16.4. The SMILES string of the molecule is COc1ccc(N2CCN([C@H](C)C(=O)N3C[C@@H](C)O[C@H](C)C3)CC2)cc1. The molecule has 1 aromatic rings. The average molecular weight is 361 g/mol. The standard InChI is InChI=1S/C20H31N3O3/c1-15-13-23(14-16(2)26-15)20(24)17(3)21-9-11-22(12-10-21)18-5-7-19(25-4)8-6-18/h5-8,15-17H,9-14H2,1-4H3/t15-,16-,17-/m1/s1. The Morgan fingerprint density at radius 3 is 2.19 bits per heavy atom. The second-order valence-corrected chi connectivity index (χ2v) is 7.40. The number of carbonyl (C=O) groups excluding carboxylic acids is 1. The molecule has 1 amide bonds. The maximum Gasteiger partial charge on any atom is 0.239 e. The Morgan fingerprint density at radius 1 is 1.08 bits per heavy atom. The van der Waals surface area contributed by atoms with Crippen molar-refractivity contribution in [3.63, 3.8) is 0 Å². The summed E-state index contributed by atoms with van der Waals surface area (Å²) in [4.78, 5) is 19.5. The molecule has 0 bridgehead atoms. The molecule has 2 heterocycles. The first-order valence-corrected chi connectivity index (χ1v) is 9.55. The molecule has 0 saturated carbocycles. The minimum atomic E-state index is -0.0782. The summed E-state index contributed by atoms with van der Waals surface area (Å²) in [5.74, 6) is 1.10. The summed E-state index contributed by atoms with van der Waals surface area (Å²) in [6, 6.07) is 8.10. The Kier molecular flexibility index (Phi) is 6.04. The number of benzene rings is 1. The molecule has 0 unspecified atom stereocenters. The number of nitrogens with zero attached hydrogens (tertiary/aromatic N) is 3. The van der Waals surface area contributed by atoms with E-state index >= 15 is 0 Å². The molecule has 0 N–H and O–H groups in total. The Morgan fingerprint density at radius 2 is 1.65 bits per heavy atom. The van der Waals surface area contributed by atoms with Crippen molar-refractivity contribution in [3.8, 4) is 5.75 Å². The molecule has 0 spiro atoms. The summed E-state index contributed by atoms with van der Waals surface area (Å²) in [7, 11) is 1.68. The van der Waals surface area contributed by atoms with Gasteiger partial charge in [-0.3, -0.25) is 9.69 Å². The molecule has 3 rings (SSSR count). The molecule has 0 aromatic heterocycles. The van der Waals surface area contributed by atoms with E-state index in [-0.39, 0.29) is 24.2 Å². The van der Waals surface area contributed by atoms with Gasteiger partial charge in [-0.2, -0.15) is 0 Å². The van der Waals surface area contributed by atoms with Crippen LogP contribution in [0.2, 0.25) is 0 Å². The third-order valence-electron chi connectivity index (χ3n) is 5.39. The van der Waals surface area contributed by atoms with E-state index in [9.17, 15) is 4.79 Å². The molecule has 2 fully saturated rings. The van der Waals surface area contributed by atoms with Crippen molar-refractivity contribution in [2.24, 2.45) is 0 Å². The Labute approximate surface area is 156 Å². The van der Waals surface area contributed by atoms with Gasteiger partial charge < -0.3 is 19.3 Å². The Bertz CT molecular complexity index is 589. The van der Waals surface area contributed by atoms with Gasteiger partial charge in [0, 0.05) is 45.0 Å². The van der Waals surface area contributed by atoms with Crippen molar-refractivity contribution in [3.05, 3.63) is 24.3 Å². The zero-order chi connectivity index (χ0) is 18.7. The van der Waals surface area contributed by atoms with Crippen LogP contribution in [0.4, 0.5) is 5.69 Å². The molecule has 3 atom stereocenters. The summed E-state index contributed by atoms with van der Waals surface area (Å²) < 4.78 is 11.0. The molecule has 2 aliphatic rings. The number of rotatable bonds is 4. The second kappa shape index (κ2) is 8.27. The fourth-order valence-corrected chi connectivity index (χ4v) is 3.94. The van der Waals surface area contributed by atoms with Gasteiger partial charge in [0.1, 0.15) is 5.75 Å². The third kappa shape index (κ3) is 4.30. The number of piperazine rings is 1. The normalized spacial score (nSPS) is 25.8. The number of hydrogen-bond donors (Lipinski definition) is 0. The minimum absolute atomic E-state index is 0.0782. The van der Waals surface area contributed by atoms with E-state index in [2.05, 4.69) is 21.9 Å². The van der Waals surface area contributed by atoms with Crippen molar-refractivity contribution >= 4 is 11.6 Å². The molecule has 26 heavy (non-hydrogen) atoms. The van der Waals surface area contributed by atoms with Crippen molar-refractivity contribution in [1.29, 1.82) is 0 Å². The van der Waals surface area contributed by atoms with Crippen LogP contribution in [0.5, 0.6) is 5.75 Å². The first-order chi connectivity index (χ1) is 12.5. The lowest BCUT2D eigenvalue weighted by Crippen LogP contribution is -2.57. The van der Waals surface area contributed by atoms with Crippen LogP contribution in [0.25, 0.3) is 0 Å². The van der Waals surface area contributed by atoms with Gasteiger partial charge in [-0.25, -0.2) is 0 Å². The van der Waals surface area contributed by atoms with Crippen LogP contribution in [0.3, 0.4) is 0 Å². The molecule has 1 aromatic carbocycles. The number of methoxy groups -OCH3 is 1. The van der Waals surface area contributed by atoms with E-state index in [4.69, 9.17) is 9.47 Å². The molecular weight excluding hydrogens is 330 g/mol. The summed E-state index contributed by atoms with van der Waals surface area (Å²) in [5.41, 5.74) is 1.21. The van der Waals surface area contributed by atoms with E-state index in [1.807, 2.05) is 37.8 Å². The highest BCUT2D eigenvalue weighted by atomic mass is 16.5. The molecular formula is C20H31N3O3. The fraction of sp³-hybridized carbons (Fsp3) is 0.650. The van der Waals surface area contributed by atoms with Gasteiger partial charge in [0.2, 0.25) is 5.91 Å². The van der Waals surface area contributed by atoms with Crippen molar-refractivity contribution in [2.75, 3.05) is 51.3 Å². The quantitative estimate of drug-likeness (QED) is 0.819. The number of amides is 1. The molecule has 2 saturated heterocycles. The lowest BCUT2D eigenvalue weighted by Gasteiger charge is -2.42. The van der Waals surface area contributed by atoms with E-state index in [0.717, 1.165) is 31.9 Å². The van der Waals surface area contributed by atoms with E-state index < -0.39 is 0 Å². The van der Waals surface area contributed by atoms with Crippen molar-refractivity contribution in [2.45, 2.75) is 39.0 Å². The van der Waals surface area contributed by atoms with E-state index in [1.165, 1.54) is 5.69 Å². The first-order valence-electron chi connectivity index (χ1n) is 9.55. The fourth-order valence-electron chi connectivity index (χ4n) is 3.94. The van der Waals surface area contributed by atoms with Crippen LogP contribution in [0.15, 0.2) is 24.3 Å². The highest BCUT2D eigenvalue weighted by molar-refractivity contribution is 5.81. The monoisotopic (exact) mass is 361 g/mol. The highest BCUT2D eigenvalue weighted by Crippen LogP contribution is 2.21. The van der Waals surface area contributed by atoms with Gasteiger partial charge in [-0.15, -0.1) is 0 Å². The van der Waals surface area contributed by atoms with Gasteiger partial charge in [0.15, 0.2) is 0 Å². The number of ether oxygens (including phenoxy) is 2. The van der Waals surface area contributed by atoms with Crippen LogP contribution >= 0.6 is 0 Å². The van der Waals surface area contributed by atoms with Crippen LogP contribution in [0, 0.1) is 0 Å². The Balaban J connectivity index is 1.54. The molecule has 6 nitrogen and oxygen atoms in total. The minimum Gasteiger partial charge on any atom is -0.497 e. The van der Waals surface area contributed by atoms with Crippen molar-refractivity contribution < 1.29 is 14.3 Å². The topological polar surface area (TPSA) is 45.2 Å². The number of morpholine rings is 1. The zero-order valence-electron chi connectivity index (χ0n) is 16.4. The predicted octanol–water partition coefficient (Wildman–Crippen LogP) is 1.84. The molecule has 144 valence electrons. The van der Waals surface area contributed by atoms with Gasteiger partial charge in [0.05, 0.1) is 25.4 Å². The molecule has 0 aliphatic carbocycles. The van der Waals surface area contributed by atoms with Crippen LogP contribution in [0.1, 0.15) is 20.8 Å². The van der Waals surface area contributed by atoms with Crippen LogP contribution < -0.4 is 9.64 Å².